The first-order chi connectivity index (χ1) is 15.2. The third kappa shape index (κ3) is 9.06. The number of ether oxygens (including phenoxy) is 4. The lowest BCUT2D eigenvalue weighted by Gasteiger charge is -2.35. The summed E-state index contributed by atoms with van der Waals surface area (Å²) in [5.74, 6) is 0. The molecule has 0 radical (unpaired) electrons. The molecule has 0 aromatic rings. The van der Waals surface area contributed by atoms with E-state index in [-0.39, 0.29) is 25.4 Å². The predicted octanol–water partition coefficient (Wildman–Crippen LogP) is 1.74. The number of morpholine rings is 2. The summed E-state index contributed by atoms with van der Waals surface area (Å²) in [6.45, 7) is 3.84. The first-order valence-corrected chi connectivity index (χ1v) is 13.0. The first kappa shape index (κ1) is 27.2. The SMILES string of the molecule is CN(C)C(=O)OCC1CN(C(=S)SSC(=S)N2CCOC(COC(=O)N(C)C)C2)CCO1. The monoisotopic (exact) mass is 526 g/mol. The molecule has 2 heterocycles. The zero-order chi connectivity index (χ0) is 23.7. The zero-order valence-electron chi connectivity index (χ0n) is 18.7. The molecule has 0 aliphatic carbocycles. The molecule has 2 aliphatic heterocycles. The molecule has 10 nitrogen and oxygen atoms in total. The number of hydrogen-bond donors (Lipinski definition) is 0. The molecular weight excluding hydrogens is 496 g/mol. The number of hydrogen-bond acceptors (Lipinski definition) is 10. The Labute approximate surface area is 207 Å². The smallest absolute Gasteiger partial charge is 0.409 e. The van der Waals surface area contributed by atoms with Crippen LogP contribution >= 0.6 is 46.0 Å². The Morgan fingerprint density at radius 2 is 1.22 bits per heavy atom. The average Bonchev–Trinajstić information content (AvgIpc) is 2.79. The Morgan fingerprint density at radius 3 is 1.56 bits per heavy atom. The van der Waals surface area contributed by atoms with Gasteiger partial charge in [-0.05, 0) is 21.6 Å². The molecular formula is C18H30N4O6S4. The minimum atomic E-state index is -0.399. The fraction of sp³-hybridized carbons (Fsp3) is 0.778. The molecule has 2 amide bonds. The Kier molecular flexibility index (Phi) is 11.6. The highest BCUT2D eigenvalue weighted by Gasteiger charge is 2.27. The minimum absolute atomic E-state index is 0.180. The van der Waals surface area contributed by atoms with Gasteiger partial charge in [0, 0.05) is 54.4 Å². The second-order valence-corrected chi connectivity index (χ2v) is 10.9. The number of nitrogens with zero attached hydrogens (tertiary/aromatic N) is 4. The van der Waals surface area contributed by atoms with Crippen molar-refractivity contribution in [3.8, 4) is 0 Å². The van der Waals surface area contributed by atoms with Crippen molar-refractivity contribution in [3.05, 3.63) is 0 Å². The fourth-order valence-corrected chi connectivity index (χ4v) is 5.42. The number of rotatable bonds is 4. The summed E-state index contributed by atoms with van der Waals surface area (Å²) in [6.07, 6.45) is -1.26. The Morgan fingerprint density at radius 1 is 0.844 bits per heavy atom. The van der Waals surface area contributed by atoms with Gasteiger partial charge in [-0.3, -0.25) is 0 Å². The lowest BCUT2D eigenvalue weighted by Crippen LogP contribution is -2.47. The average molecular weight is 527 g/mol. The number of amides is 2. The van der Waals surface area contributed by atoms with Gasteiger partial charge in [-0.25, -0.2) is 9.59 Å². The van der Waals surface area contributed by atoms with Crippen molar-refractivity contribution in [1.29, 1.82) is 0 Å². The Hall–Kier alpha value is -1.06. The topological polar surface area (TPSA) is 84.0 Å². The molecule has 0 N–H and O–H groups in total. The molecule has 0 aromatic carbocycles. The van der Waals surface area contributed by atoms with Crippen LogP contribution < -0.4 is 0 Å². The molecule has 2 unspecified atom stereocenters. The fourth-order valence-electron chi connectivity index (χ4n) is 2.74. The second-order valence-electron chi connectivity index (χ2n) is 7.52. The Balaban J connectivity index is 1.72. The van der Waals surface area contributed by atoms with Crippen LogP contribution in [0.1, 0.15) is 0 Å². The predicted molar refractivity (Wildman–Crippen MR) is 133 cm³/mol. The van der Waals surface area contributed by atoms with Crippen LogP contribution in [0.2, 0.25) is 0 Å². The number of thiocarbonyl (C=S) groups is 2. The third-order valence-corrected chi connectivity index (χ3v) is 8.23. The van der Waals surface area contributed by atoms with Crippen molar-refractivity contribution in [3.63, 3.8) is 0 Å². The molecule has 32 heavy (non-hydrogen) atoms. The molecule has 0 bridgehead atoms. The van der Waals surface area contributed by atoms with E-state index < -0.39 is 12.2 Å². The van der Waals surface area contributed by atoms with E-state index in [1.165, 1.54) is 31.4 Å². The van der Waals surface area contributed by atoms with Crippen molar-refractivity contribution >= 4 is 66.9 Å². The van der Waals surface area contributed by atoms with Crippen molar-refractivity contribution < 1.29 is 28.5 Å². The maximum absolute atomic E-state index is 11.6. The van der Waals surface area contributed by atoms with Gasteiger partial charge in [0.2, 0.25) is 0 Å². The summed E-state index contributed by atoms with van der Waals surface area (Å²) < 4.78 is 23.2. The van der Waals surface area contributed by atoms with E-state index in [1.54, 1.807) is 28.2 Å². The van der Waals surface area contributed by atoms with Gasteiger partial charge in [0.15, 0.2) is 0 Å². The zero-order valence-corrected chi connectivity index (χ0v) is 21.9. The molecule has 2 aliphatic rings. The molecule has 14 heteroatoms. The summed E-state index contributed by atoms with van der Waals surface area (Å²) >= 11 is 11.1. The summed E-state index contributed by atoms with van der Waals surface area (Å²) in [6, 6.07) is 0. The molecule has 182 valence electrons. The van der Waals surface area contributed by atoms with Gasteiger partial charge in [0.05, 0.1) is 13.2 Å². The van der Waals surface area contributed by atoms with E-state index in [9.17, 15) is 9.59 Å². The van der Waals surface area contributed by atoms with Crippen molar-refractivity contribution in [1.82, 2.24) is 19.6 Å². The van der Waals surface area contributed by atoms with Crippen molar-refractivity contribution in [2.75, 3.05) is 80.8 Å². The van der Waals surface area contributed by atoms with Gasteiger partial charge >= 0.3 is 12.2 Å². The lowest BCUT2D eigenvalue weighted by atomic mass is 10.3. The van der Waals surface area contributed by atoms with Crippen molar-refractivity contribution in [2.45, 2.75) is 12.2 Å². The van der Waals surface area contributed by atoms with Crippen molar-refractivity contribution in [2.24, 2.45) is 0 Å². The van der Waals surface area contributed by atoms with Gasteiger partial charge in [0.25, 0.3) is 0 Å². The molecule has 2 saturated heterocycles. The van der Waals surface area contributed by atoms with Crippen LogP contribution in [0.15, 0.2) is 0 Å². The largest absolute Gasteiger partial charge is 0.447 e. The second kappa shape index (κ2) is 13.6. The van der Waals surface area contributed by atoms with E-state index >= 15 is 0 Å². The maximum atomic E-state index is 11.6. The van der Waals surface area contributed by atoms with Gasteiger partial charge in [-0.15, -0.1) is 0 Å². The van der Waals surface area contributed by atoms with E-state index in [0.29, 0.717) is 48.0 Å². The van der Waals surface area contributed by atoms with Gasteiger partial charge < -0.3 is 38.5 Å². The molecule has 2 rings (SSSR count). The summed E-state index contributed by atoms with van der Waals surface area (Å²) in [4.78, 5) is 30.0. The lowest BCUT2D eigenvalue weighted by molar-refractivity contribution is -0.0396. The summed E-state index contributed by atoms with van der Waals surface area (Å²) in [5.41, 5.74) is 0. The first-order valence-electron chi connectivity index (χ1n) is 10.0. The van der Waals surface area contributed by atoms with Gasteiger partial charge in [-0.2, -0.15) is 0 Å². The van der Waals surface area contributed by atoms with Crippen LogP contribution in [0.3, 0.4) is 0 Å². The maximum Gasteiger partial charge on any atom is 0.409 e. The molecule has 0 aromatic heterocycles. The van der Waals surface area contributed by atoms with Crippen LogP contribution in [0.5, 0.6) is 0 Å². The standard InChI is InChI=1S/C18H30N4O6S4/c1-19(2)15(23)27-11-13-9-21(5-7-25-13)17(29)31-32-18(30)22-6-8-26-14(10-22)12-28-16(24)20(3)4/h13-14H,5-12H2,1-4H3. The van der Waals surface area contributed by atoms with Gasteiger partial charge in [-0.1, -0.05) is 24.4 Å². The molecule has 2 atom stereocenters. The third-order valence-electron chi connectivity index (χ3n) is 4.49. The molecule has 0 spiro atoms. The van der Waals surface area contributed by atoms with Crippen LogP contribution in [-0.4, -0.2) is 133 Å². The van der Waals surface area contributed by atoms with Crippen LogP contribution in [0, 0.1) is 0 Å². The molecule has 2 fully saturated rings. The van der Waals surface area contributed by atoms with Crippen LogP contribution in [0.25, 0.3) is 0 Å². The number of carbonyl (C=O) groups is 2. The van der Waals surface area contributed by atoms with Gasteiger partial charge in [0.1, 0.15) is 34.1 Å². The highest BCUT2D eigenvalue weighted by atomic mass is 33.1. The van der Waals surface area contributed by atoms with E-state index in [0.717, 1.165) is 0 Å². The summed E-state index contributed by atoms with van der Waals surface area (Å²) in [7, 11) is 9.39. The Bertz CT molecular complexity index is 628. The minimum Gasteiger partial charge on any atom is -0.447 e. The normalized spacial score (nSPS) is 21.0. The highest BCUT2D eigenvalue weighted by Crippen LogP contribution is 2.30. The quantitative estimate of drug-likeness (QED) is 0.395. The van der Waals surface area contributed by atoms with Crippen LogP contribution in [-0.2, 0) is 18.9 Å². The van der Waals surface area contributed by atoms with E-state index in [1.807, 2.05) is 9.80 Å². The highest BCUT2D eigenvalue weighted by molar-refractivity contribution is 8.89. The number of carbonyl (C=O) groups excluding carboxylic acids is 2. The summed E-state index contributed by atoms with van der Waals surface area (Å²) in [5, 5.41) is 0. The molecule has 0 saturated carbocycles. The van der Waals surface area contributed by atoms with E-state index in [2.05, 4.69) is 0 Å². The van der Waals surface area contributed by atoms with E-state index in [4.69, 9.17) is 43.4 Å². The van der Waals surface area contributed by atoms with Crippen LogP contribution in [0.4, 0.5) is 9.59 Å².